The van der Waals surface area contributed by atoms with E-state index in [-0.39, 0.29) is 5.91 Å². The molecule has 1 heterocycles. The highest BCUT2D eigenvalue weighted by Crippen LogP contribution is 2.33. The topological polar surface area (TPSA) is 73.6 Å². The Bertz CT molecular complexity index is 1200. The van der Waals surface area contributed by atoms with E-state index in [1.54, 1.807) is 38.5 Å². The number of carbonyl (C=O) groups excluding carboxylic acids is 1. The molecule has 0 fully saturated rings. The van der Waals surface area contributed by atoms with Gasteiger partial charge in [-0.3, -0.25) is 4.79 Å². The lowest BCUT2D eigenvalue weighted by Crippen LogP contribution is -2.14. The molecular formula is C23H19BrN2O4. The third-order valence-electron chi connectivity index (χ3n) is 4.58. The molecule has 4 aromatic rings. The van der Waals surface area contributed by atoms with Crippen LogP contribution >= 0.6 is 15.9 Å². The number of nitrogens with one attached hydrogen (secondary N) is 1. The Morgan fingerprint density at radius 2 is 1.77 bits per heavy atom. The Morgan fingerprint density at radius 1 is 1.00 bits per heavy atom. The van der Waals surface area contributed by atoms with Gasteiger partial charge < -0.3 is 19.2 Å². The number of benzene rings is 3. The second-order valence-corrected chi connectivity index (χ2v) is 7.54. The van der Waals surface area contributed by atoms with Gasteiger partial charge in [-0.25, -0.2) is 4.98 Å². The van der Waals surface area contributed by atoms with Crippen LogP contribution in [0.2, 0.25) is 0 Å². The van der Waals surface area contributed by atoms with Gasteiger partial charge in [0.25, 0.3) is 0 Å². The fourth-order valence-corrected chi connectivity index (χ4v) is 3.36. The zero-order valence-corrected chi connectivity index (χ0v) is 18.0. The van der Waals surface area contributed by atoms with E-state index in [2.05, 4.69) is 26.2 Å². The zero-order valence-electron chi connectivity index (χ0n) is 16.4. The van der Waals surface area contributed by atoms with E-state index < -0.39 is 0 Å². The van der Waals surface area contributed by atoms with Crippen LogP contribution in [0, 0.1) is 0 Å². The van der Waals surface area contributed by atoms with Crippen molar-refractivity contribution in [2.45, 2.75) is 6.42 Å². The molecule has 0 bridgehead atoms. The molecule has 1 aromatic heterocycles. The average molecular weight is 467 g/mol. The number of hydrogen-bond acceptors (Lipinski definition) is 5. The third kappa shape index (κ3) is 4.31. The lowest BCUT2D eigenvalue weighted by molar-refractivity contribution is -0.115. The van der Waals surface area contributed by atoms with Crippen LogP contribution in [0.4, 0.5) is 5.69 Å². The van der Waals surface area contributed by atoms with Gasteiger partial charge in [0.1, 0.15) is 5.52 Å². The van der Waals surface area contributed by atoms with E-state index in [4.69, 9.17) is 13.9 Å². The van der Waals surface area contributed by atoms with Gasteiger partial charge >= 0.3 is 0 Å². The van der Waals surface area contributed by atoms with E-state index in [0.717, 1.165) is 15.6 Å². The molecule has 0 aliphatic carbocycles. The molecular weight excluding hydrogens is 448 g/mol. The van der Waals surface area contributed by atoms with Gasteiger partial charge in [0.2, 0.25) is 11.8 Å². The summed E-state index contributed by atoms with van der Waals surface area (Å²) in [5, 5.41) is 2.91. The molecule has 6 nitrogen and oxygen atoms in total. The molecule has 7 heteroatoms. The number of ether oxygens (including phenoxy) is 2. The lowest BCUT2D eigenvalue weighted by Gasteiger charge is -2.07. The third-order valence-corrected chi connectivity index (χ3v) is 5.11. The fraction of sp³-hybridized carbons (Fsp3) is 0.130. The van der Waals surface area contributed by atoms with E-state index in [1.165, 1.54) is 0 Å². The Morgan fingerprint density at radius 3 is 2.50 bits per heavy atom. The van der Waals surface area contributed by atoms with Crippen LogP contribution in [0.5, 0.6) is 11.5 Å². The highest BCUT2D eigenvalue weighted by Gasteiger charge is 2.13. The quantitative estimate of drug-likeness (QED) is 0.408. The van der Waals surface area contributed by atoms with E-state index in [9.17, 15) is 4.79 Å². The normalized spacial score (nSPS) is 10.8. The first kappa shape index (κ1) is 20.0. The van der Waals surface area contributed by atoms with Crippen molar-refractivity contribution >= 4 is 38.6 Å². The Kier molecular flexibility index (Phi) is 5.72. The van der Waals surface area contributed by atoms with Crippen LogP contribution in [0.3, 0.4) is 0 Å². The number of fused-ring (bicyclic) bond motifs is 1. The maximum Gasteiger partial charge on any atom is 0.228 e. The Balaban J connectivity index is 1.53. The summed E-state index contributed by atoms with van der Waals surface area (Å²) in [5.74, 6) is 1.59. The highest BCUT2D eigenvalue weighted by atomic mass is 79.9. The van der Waals surface area contributed by atoms with Gasteiger partial charge in [-0.05, 0) is 54.1 Å². The van der Waals surface area contributed by atoms with Crippen molar-refractivity contribution in [3.05, 3.63) is 70.7 Å². The summed E-state index contributed by atoms with van der Waals surface area (Å²) >= 11 is 3.39. The summed E-state index contributed by atoms with van der Waals surface area (Å²) in [4.78, 5) is 16.9. The molecule has 0 spiro atoms. The first-order valence-electron chi connectivity index (χ1n) is 9.23. The number of halogens is 1. The maximum atomic E-state index is 12.4. The largest absolute Gasteiger partial charge is 0.493 e. The minimum Gasteiger partial charge on any atom is -0.493 e. The van der Waals surface area contributed by atoms with E-state index in [1.807, 2.05) is 36.4 Å². The molecule has 30 heavy (non-hydrogen) atoms. The first-order chi connectivity index (χ1) is 14.6. The Labute approximate surface area is 182 Å². The number of carbonyl (C=O) groups is 1. The molecule has 0 saturated heterocycles. The number of hydrogen-bond donors (Lipinski definition) is 1. The number of rotatable bonds is 6. The predicted octanol–water partition coefficient (Wildman–Crippen LogP) is 5.46. The van der Waals surface area contributed by atoms with E-state index >= 15 is 0 Å². The minimum atomic E-state index is -0.0970. The number of amides is 1. The second kappa shape index (κ2) is 8.59. The second-order valence-electron chi connectivity index (χ2n) is 6.62. The summed E-state index contributed by atoms with van der Waals surface area (Å²) in [6, 6.07) is 18.5. The number of anilines is 1. The molecule has 1 N–H and O–H groups in total. The summed E-state index contributed by atoms with van der Waals surface area (Å²) < 4.78 is 17.5. The summed E-state index contributed by atoms with van der Waals surface area (Å²) in [7, 11) is 3.17. The number of methoxy groups -OCH3 is 2. The van der Waals surface area contributed by atoms with Gasteiger partial charge in [-0.15, -0.1) is 0 Å². The monoisotopic (exact) mass is 466 g/mol. The number of oxazole rings is 1. The van der Waals surface area contributed by atoms with Gasteiger partial charge in [0.15, 0.2) is 17.1 Å². The van der Waals surface area contributed by atoms with Crippen LogP contribution in [-0.4, -0.2) is 25.1 Å². The highest BCUT2D eigenvalue weighted by molar-refractivity contribution is 9.10. The molecule has 0 atom stereocenters. The predicted molar refractivity (Wildman–Crippen MR) is 119 cm³/mol. The van der Waals surface area contributed by atoms with Crippen molar-refractivity contribution in [2.24, 2.45) is 0 Å². The molecule has 0 unspecified atom stereocenters. The summed E-state index contributed by atoms with van der Waals surface area (Å²) in [6.45, 7) is 0. The van der Waals surface area contributed by atoms with Crippen LogP contribution in [0.25, 0.3) is 22.6 Å². The summed E-state index contributed by atoms with van der Waals surface area (Å²) in [5.41, 5.74) is 3.65. The van der Waals surface area contributed by atoms with Gasteiger partial charge in [-0.2, -0.15) is 0 Å². The average Bonchev–Trinajstić information content (AvgIpc) is 3.18. The zero-order chi connectivity index (χ0) is 21.1. The van der Waals surface area contributed by atoms with Gasteiger partial charge in [0, 0.05) is 15.7 Å². The minimum absolute atomic E-state index is 0.0970. The van der Waals surface area contributed by atoms with Crippen molar-refractivity contribution in [3.63, 3.8) is 0 Å². The number of aromatic nitrogens is 1. The van der Waals surface area contributed by atoms with Gasteiger partial charge in [-0.1, -0.05) is 28.1 Å². The van der Waals surface area contributed by atoms with Crippen LogP contribution in [0.15, 0.2) is 69.6 Å². The molecule has 0 aliphatic rings. The molecule has 0 aliphatic heterocycles. The fourth-order valence-electron chi connectivity index (χ4n) is 3.09. The summed E-state index contributed by atoms with van der Waals surface area (Å²) in [6.07, 6.45) is 0.293. The smallest absolute Gasteiger partial charge is 0.228 e. The standard InChI is InChI=1S/C23H19BrN2O4/c1-28-20-9-5-15(12-21(20)29-2)23-26-18-13-17(8-10-19(18)30-23)25-22(27)11-14-3-6-16(24)7-4-14/h3-10,12-13H,11H2,1-2H3,(H,25,27). The molecule has 0 saturated carbocycles. The Hall–Kier alpha value is -3.32. The van der Waals surface area contributed by atoms with Crippen LogP contribution in [0.1, 0.15) is 5.56 Å². The van der Waals surface area contributed by atoms with Crippen molar-refractivity contribution in [1.82, 2.24) is 4.98 Å². The van der Waals surface area contributed by atoms with Crippen molar-refractivity contribution in [2.75, 3.05) is 19.5 Å². The SMILES string of the molecule is COc1ccc(-c2nc3cc(NC(=O)Cc4ccc(Br)cc4)ccc3o2)cc1OC. The molecule has 4 rings (SSSR count). The molecule has 152 valence electrons. The van der Waals surface area contributed by atoms with Crippen molar-refractivity contribution in [1.29, 1.82) is 0 Å². The lowest BCUT2D eigenvalue weighted by atomic mass is 10.1. The van der Waals surface area contributed by atoms with Gasteiger partial charge in [0.05, 0.1) is 20.6 Å². The molecule has 3 aromatic carbocycles. The van der Waals surface area contributed by atoms with E-state index in [0.29, 0.717) is 40.6 Å². The maximum absolute atomic E-state index is 12.4. The first-order valence-corrected chi connectivity index (χ1v) is 10.0. The molecule has 0 radical (unpaired) electrons. The van der Waals surface area contributed by atoms with Crippen molar-refractivity contribution < 1.29 is 18.7 Å². The molecule has 1 amide bonds. The van der Waals surface area contributed by atoms with Crippen LogP contribution in [-0.2, 0) is 11.2 Å². The van der Waals surface area contributed by atoms with Crippen molar-refractivity contribution in [3.8, 4) is 23.0 Å². The number of nitrogens with zero attached hydrogens (tertiary/aromatic N) is 1. The van der Waals surface area contributed by atoms with Crippen LogP contribution < -0.4 is 14.8 Å².